The third-order valence-corrected chi connectivity index (χ3v) is 4.09. The Kier molecular flexibility index (Phi) is 6.03. The monoisotopic (exact) mass is 336 g/mol. The molecule has 0 heterocycles. The SMILES string of the molecule is COCCCNC(=O)C1(C(=O)Nc2ccc(OC)cc2OC)CC1. The summed E-state index contributed by atoms with van der Waals surface area (Å²) < 4.78 is 15.3. The number of ether oxygens (including phenoxy) is 3. The second kappa shape index (κ2) is 8.01. The third-order valence-electron chi connectivity index (χ3n) is 4.09. The standard InChI is InChI=1S/C17H24N2O5/c1-22-10-4-9-18-15(20)17(7-8-17)16(21)19-13-6-5-12(23-2)11-14(13)24-3/h5-6,11H,4,7-10H2,1-3H3,(H,18,20)(H,19,21). The minimum atomic E-state index is -0.974. The van der Waals surface area contributed by atoms with Crippen molar-refractivity contribution in [1.29, 1.82) is 0 Å². The molecule has 2 N–H and O–H groups in total. The van der Waals surface area contributed by atoms with E-state index in [9.17, 15) is 9.59 Å². The van der Waals surface area contributed by atoms with Gasteiger partial charge in [0.1, 0.15) is 16.9 Å². The Balaban J connectivity index is 2.00. The van der Waals surface area contributed by atoms with E-state index in [-0.39, 0.29) is 11.8 Å². The molecule has 7 heteroatoms. The summed E-state index contributed by atoms with van der Waals surface area (Å²) in [4.78, 5) is 24.9. The average Bonchev–Trinajstić information content (AvgIpc) is 3.41. The molecule has 0 radical (unpaired) electrons. The van der Waals surface area contributed by atoms with E-state index in [0.717, 1.165) is 0 Å². The molecule has 1 aromatic carbocycles. The quantitative estimate of drug-likeness (QED) is 0.528. The Bertz CT molecular complexity index is 599. The summed E-state index contributed by atoms with van der Waals surface area (Å²) in [6.45, 7) is 1.07. The second-order valence-electron chi connectivity index (χ2n) is 5.70. The fraction of sp³-hybridized carbons (Fsp3) is 0.529. The van der Waals surface area contributed by atoms with E-state index in [1.165, 1.54) is 7.11 Å². The van der Waals surface area contributed by atoms with E-state index in [2.05, 4.69) is 10.6 Å². The predicted molar refractivity (Wildman–Crippen MR) is 89.3 cm³/mol. The van der Waals surface area contributed by atoms with E-state index >= 15 is 0 Å². The molecule has 0 atom stereocenters. The lowest BCUT2D eigenvalue weighted by Crippen LogP contribution is -2.40. The third kappa shape index (κ3) is 3.97. The van der Waals surface area contributed by atoms with E-state index in [1.54, 1.807) is 32.4 Å². The summed E-state index contributed by atoms with van der Waals surface area (Å²) in [5, 5.41) is 5.60. The van der Waals surface area contributed by atoms with Crippen LogP contribution < -0.4 is 20.1 Å². The van der Waals surface area contributed by atoms with Crippen LogP contribution in [0.2, 0.25) is 0 Å². The number of hydrogen-bond acceptors (Lipinski definition) is 5. The number of methoxy groups -OCH3 is 3. The molecule has 0 saturated heterocycles. The van der Waals surface area contributed by atoms with Crippen molar-refractivity contribution < 1.29 is 23.8 Å². The van der Waals surface area contributed by atoms with E-state index < -0.39 is 5.41 Å². The molecular formula is C17H24N2O5. The van der Waals surface area contributed by atoms with Gasteiger partial charge in [0.2, 0.25) is 11.8 Å². The highest BCUT2D eigenvalue weighted by Crippen LogP contribution is 2.47. The van der Waals surface area contributed by atoms with Crippen molar-refractivity contribution in [3.63, 3.8) is 0 Å². The van der Waals surface area contributed by atoms with Gasteiger partial charge in [-0.25, -0.2) is 0 Å². The zero-order valence-corrected chi connectivity index (χ0v) is 14.3. The summed E-state index contributed by atoms with van der Waals surface area (Å²) in [7, 11) is 4.68. The molecule has 2 amide bonds. The maximum Gasteiger partial charge on any atom is 0.240 e. The topological polar surface area (TPSA) is 85.9 Å². The number of nitrogens with one attached hydrogen (secondary N) is 2. The van der Waals surface area contributed by atoms with Crippen molar-refractivity contribution in [1.82, 2.24) is 5.32 Å². The molecule has 0 bridgehead atoms. The number of carbonyl (C=O) groups is 2. The molecule has 0 spiro atoms. The second-order valence-corrected chi connectivity index (χ2v) is 5.70. The van der Waals surface area contributed by atoms with Gasteiger partial charge in [0.15, 0.2) is 0 Å². The fourth-order valence-electron chi connectivity index (χ4n) is 2.41. The highest BCUT2D eigenvalue weighted by atomic mass is 16.5. The Morgan fingerprint density at radius 2 is 1.88 bits per heavy atom. The van der Waals surface area contributed by atoms with E-state index in [4.69, 9.17) is 14.2 Å². The predicted octanol–water partition coefficient (Wildman–Crippen LogP) is 1.58. The molecule has 1 aliphatic rings. The molecule has 2 rings (SSSR count). The Hall–Kier alpha value is -2.28. The molecule has 1 aliphatic carbocycles. The minimum Gasteiger partial charge on any atom is -0.497 e. The summed E-state index contributed by atoms with van der Waals surface area (Å²) in [5.41, 5.74) is -0.459. The van der Waals surface area contributed by atoms with Gasteiger partial charge in [0, 0.05) is 26.3 Å². The van der Waals surface area contributed by atoms with Crippen LogP contribution in [0, 0.1) is 5.41 Å². The molecular weight excluding hydrogens is 312 g/mol. The van der Waals surface area contributed by atoms with Crippen molar-refractivity contribution in [3.8, 4) is 11.5 Å². The molecule has 132 valence electrons. The maximum absolute atomic E-state index is 12.6. The molecule has 1 fully saturated rings. The number of carbonyl (C=O) groups excluding carboxylic acids is 2. The van der Waals surface area contributed by atoms with Crippen molar-refractivity contribution in [3.05, 3.63) is 18.2 Å². The molecule has 0 aliphatic heterocycles. The number of benzene rings is 1. The van der Waals surface area contributed by atoms with Crippen LogP contribution in [0.1, 0.15) is 19.3 Å². The highest BCUT2D eigenvalue weighted by Gasteiger charge is 2.56. The van der Waals surface area contributed by atoms with Gasteiger partial charge in [-0.2, -0.15) is 0 Å². The molecule has 1 saturated carbocycles. The van der Waals surface area contributed by atoms with Crippen LogP contribution in [0.3, 0.4) is 0 Å². The molecule has 24 heavy (non-hydrogen) atoms. The van der Waals surface area contributed by atoms with E-state index in [1.807, 2.05) is 0 Å². The summed E-state index contributed by atoms with van der Waals surface area (Å²) >= 11 is 0. The lowest BCUT2D eigenvalue weighted by molar-refractivity contribution is -0.134. The molecule has 7 nitrogen and oxygen atoms in total. The first-order chi connectivity index (χ1) is 11.6. The Morgan fingerprint density at radius 3 is 2.46 bits per heavy atom. The first kappa shape index (κ1) is 18.1. The van der Waals surface area contributed by atoms with Crippen LogP contribution in [0.15, 0.2) is 18.2 Å². The lowest BCUT2D eigenvalue weighted by atomic mass is 10.0. The van der Waals surface area contributed by atoms with Crippen LogP contribution in [0.5, 0.6) is 11.5 Å². The number of hydrogen-bond donors (Lipinski definition) is 2. The molecule has 1 aromatic rings. The van der Waals surface area contributed by atoms with Gasteiger partial charge in [0.25, 0.3) is 0 Å². The number of rotatable bonds is 9. The van der Waals surface area contributed by atoms with Gasteiger partial charge in [-0.15, -0.1) is 0 Å². The highest BCUT2D eigenvalue weighted by molar-refractivity contribution is 6.13. The average molecular weight is 336 g/mol. The molecule has 0 aromatic heterocycles. The summed E-state index contributed by atoms with van der Waals surface area (Å²) in [5.74, 6) is 0.569. The van der Waals surface area contributed by atoms with Gasteiger partial charge in [-0.3, -0.25) is 9.59 Å². The summed E-state index contributed by atoms with van der Waals surface area (Å²) in [6, 6.07) is 5.10. The normalized spacial score (nSPS) is 14.6. The summed E-state index contributed by atoms with van der Waals surface area (Å²) in [6.07, 6.45) is 1.81. The fourth-order valence-corrected chi connectivity index (χ4v) is 2.41. The van der Waals surface area contributed by atoms with Crippen molar-refractivity contribution in [2.75, 3.05) is 39.8 Å². The van der Waals surface area contributed by atoms with Gasteiger partial charge in [-0.1, -0.05) is 0 Å². The Labute approximate surface area is 141 Å². The first-order valence-corrected chi connectivity index (χ1v) is 7.88. The van der Waals surface area contributed by atoms with Gasteiger partial charge in [-0.05, 0) is 31.4 Å². The van der Waals surface area contributed by atoms with Gasteiger partial charge in [0.05, 0.1) is 19.9 Å². The van der Waals surface area contributed by atoms with Crippen molar-refractivity contribution in [2.24, 2.45) is 5.41 Å². The zero-order chi connectivity index (χ0) is 17.6. The minimum absolute atomic E-state index is 0.233. The largest absolute Gasteiger partial charge is 0.497 e. The molecule has 0 unspecified atom stereocenters. The van der Waals surface area contributed by atoms with Gasteiger partial charge >= 0.3 is 0 Å². The van der Waals surface area contributed by atoms with Gasteiger partial charge < -0.3 is 24.8 Å². The van der Waals surface area contributed by atoms with Crippen LogP contribution >= 0.6 is 0 Å². The number of amides is 2. The van der Waals surface area contributed by atoms with Crippen LogP contribution in [0.4, 0.5) is 5.69 Å². The van der Waals surface area contributed by atoms with Crippen LogP contribution in [-0.2, 0) is 14.3 Å². The smallest absolute Gasteiger partial charge is 0.240 e. The van der Waals surface area contributed by atoms with Crippen molar-refractivity contribution in [2.45, 2.75) is 19.3 Å². The van der Waals surface area contributed by atoms with Crippen molar-refractivity contribution >= 4 is 17.5 Å². The van der Waals surface area contributed by atoms with E-state index in [0.29, 0.717) is 49.6 Å². The maximum atomic E-state index is 12.6. The lowest BCUT2D eigenvalue weighted by Gasteiger charge is -2.17. The van der Waals surface area contributed by atoms with Crippen LogP contribution in [0.25, 0.3) is 0 Å². The zero-order valence-electron chi connectivity index (χ0n) is 14.3. The Morgan fingerprint density at radius 1 is 1.12 bits per heavy atom. The first-order valence-electron chi connectivity index (χ1n) is 7.88. The number of anilines is 1. The van der Waals surface area contributed by atoms with Crippen LogP contribution in [-0.4, -0.2) is 46.3 Å².